The summed E-state index contributed by atoms with van der Waals surface area (Å²) < 4.78 is 16.6. The van der Waals surface area contributed by atoms with Crippen molar-refractivity contribution in [1.29, 1.82) is 5.26 Å². The zero-order chi connectivity index (χ0) is 23.3. The number of urea groups is 1. The first kappa shape index (κ1) is 23.0. The molecule has 3 N–H and O–H groups in total. The Morgan fingerprint density at radius 3 is 2.66 bits per heavy atom. The molecule has 32 heavy (non-hydrogen) atoms. The summed E-state index contributed by atoms with van der Waals surface area (Å²) in [5.74, 6) is -0.0602. The minimum absolute atomic E-state index is 0.168. The molecule has 3 rings (SSSR count). The smallest absolute Gasteiger partial charge is 0.319 e. The summed E-state index contributed by atoms with van der Waals surface area (Å²) in [6, 6.07) is 11.0. The molecule has 1 aliphatic heterocycles. The van der Waals surface area contributed by atoms with Crippen molar-refractivity contribution in [2.75, 3.05) is 26.1 Å². The van der Waals surface area contributed by atoms with Crippen molar-refractivity contribution in [3.05, 3.63) is 58.7 Å². The Morgan fingerprint density at radius 1 is 1.25 bits per heavy atom. The molecule has 1 heterocycles. The highest BCUT2D eigenvalue weighted by Gasteiger charge is 2.38. The third-order valence-corrected chi connectivity index (χ3v) is 5.40. The van der Waals surface area contributed by atoms with Gasteiger partial charge in [-0.2, -0.15) is 5.26 Å². The highest BCUT2D eigenvalue weighted by atomic mass is 79.9. The first-order chi connectivity index (χ1) is 15.4. The van der Waals surface area contributed by atoms with Crippen LogP contribution in [0.5, 0.6) is 17.2 Å². The molecule has 2 aromatic carbocycles. The molecule has 2 atom stereocenters. The molecule has 2 aromatic rings. The van der Waals surface area contributed by atoms with Crippen LogP contribution in [0.1, 0.15) is 11.6 Å². The van der Waals surface area contributed by atoms with Crippen LogP contribution in [0.3, 0.4) is 0 Å². The van der Waals surface area contributed by atoms with Gasteiger partial charge in [0.25, 0.3) is 0 Å². The second-order valence-corrected chi connectivity index (χ2v) is 7.60. The molecule has 10 heteroatoms. The molecule has 1 aliphatic rings. The number of methoxy groups -OCH3 is 2. The molecule has 0 bridgehead atoms. The largest absolute Gasteiger partial charge is 0.495 e. The van der Waals surface area contributed by atoms with Crippen molar-refractivity contribution in [3.63, 3.8) is 0 Å². The number of nitrogens with zero attached hydrogens (tertiary/aromatic N) is 1. The van der Waals surface area contributed by atoms with Gasteiger partial charge in [0.15, 0.2) is 18.1 Å². The third-order valence-electron chi connectivity index (χ3n) is 4.81. The highest BCUT2D eigenvalue weighted by molar-refractivity contribution is 9.10. The Labute approximate surface area is 193 Å². The lowest BCUT2D eigenvalue weighted by Gasteiger charge is -2.34. The molecular weight excluding hydrogens is 480 g/mol. The zero-order valence-corrected chi connectivity index (χ0v) is 19.0. The van der Waals surface area contributed by atoms with Crippen molar-refractivity contribution < 1.29 is 23.8 Å². The summed E-state index contributed by atoms with van der Waals surface area (Å²) in [7, 11) is 2.96. The van der Waals surface area contributed by atoms with E-state index in [4.69, 9.17) is 19.5 Å². The van der Waals surface area contributed by atoms with Gasteiger partial charge < -0.3 is 30.2 Å². The fourth-order valence-electron chi connectivity index (χ4n) is 3.39. The summed E-state index contributed by atoms with van der Waals surface area (Å²) in [6.45, 7) is 3.71. The number of anilines is 1. The summed E-state index contributed by atoms with van der Waals surface area (Å²) in [6.07, 6.45) is 0. The van der Waals surface area contributed by atoms with E-state index < -0.39 is 23.9 Å². The quantitative estimate of drug-likeness (QED) is 0.534. The zero-order valence-electron chi connectivity index (χ0n) is 17.4. The molecule has 0 radical (unpaired) electrons. The van der Waals surface area contributed by atoms with Crippen molar-refractivity contribution in [1.82, 2.24) is 10.6 Å². The predicted octanol–water partition coefficient (Wildman–Crippen LogP) is 3.49. The predicted molar refractivity (Wildman–Crippen MR) is 120 cm³/mol. The van der Waals surface area contributed by atoms with Crippen LogP contribution in [0.4, 0.5) is 10.5 Å². The molecule has 0 spiro atoms. The fraction of sp³-hybridized carbons (Fsp3) is 0.227. The Balaban J connectivity index is 1.98. The number of carbonyl (C=O) groups excluding carboxylic acids is 2. The van der Waals surface area contributed by atoms with Gasteiger partial charge >= 0.3 is 6.03 Å². The first-order valence-electron chi connectivity index (χ1n) is 9.47. The van der Waals surface area contributed by atoms with Gasteiger partial charge in [-0.3, -0.25) is 4.79 Å². The van der Waals surface area contributed by atoms with E-state index in [2.05, 4.69) is 38.5 Å². The van der Waals surface area contributed by atoms with E-state index in [0.29, 0.717) is 33.0 Å². The SMILES string of the molecule is C=C1NC(=O)N[C@H](c2cc(Br)c(OCC#N)c(OC)c2)[C@H]1C(=O)Nc1ccccc1OC. The summed E-state index contributed by atoms with van der Waals surface area (Å²) in [4.78, 5) is 25.5. The van der Waals surface area contributed by atoms with Crippen LogP contribution in [0.25, 0.3) is 0 Å². The van der Waals surface area contributed by atoms with Crippen LogP contribution in [-0.4, -0.2) is 32.8 Å². The van der Waals surface area contributed by atoms with Crippen molar-refractivity contribution in [2.45, 2.75) is 6.04 Å². The Kier molecular flexibility index (Phi) is 7.22. The number of nitriles is 1. The normalized spacial score (nSPS) is 17.4. The average molecular weight is 501 g/mol. The lowest BCUT2D eigenvalue weighted by Crippen LogP contribution is -2.51. The second kappa shape index (κ2) is 10.1. The lowest BCUT2D eigenvalue weighted by atomic mass is 9.88. The number of benzene rings is 2. The number of rotatable bonds is 7. The molecule has 0 unspecified atom stereocenters. The molecule has 166 valence electrons. The highest BCUT2D eigenvalue weighted by Crippen LogP contribution is 2.41. The van der Waals surface area contributed by atoms with Gasteiger partial charge in [0.2, 0.25) is 5.91 Å². The van der Waals surface area contributed by atoms with Crippen LogP contribution in [0.15, 0.2) is 53.1 Å². The molecule has 9 nitrogen and oxygen atoms in total. The number of amides is 3. The molecular formula is C22H21BrN4O5. The summed E-state index contributed by atoms with van der Waals surface area (Å²) in [5.41, 5.74) is 1.31. The van der Waals surface area contributed by atoms with Gasteiger partial charge in [0.05, 0.1) is 30.4 Å². The number of nitrogens with one attached hydrogen (secondary N) is 3. The standard InChI is InChI=1S/C22H21BrN4O5/c1-12-18(21(28)26-15-6-4-5-7-16(15)30-2)19(27-22(29)25-12)13-10-14(23)20(32-9-8-24)17(11-13)31-3/h4-7,10-11,18-19H,1,9H2,2-3H3,(H,26,28)(H2,25,27,29)/t18-,19+/m0/s1. The molecule has 1 saturated heterocycles. The van der Waals surface area contributed by atoms with E-state index in [1.54, 1.807) is 36.4 Å². The number of para-hydroxylation sites is 2. The van der Waals surface area contributed by atoms with Gasteiger partial charge in [-0.1, -0.05) is 18.7 Å². The Bertz CT molecular complexity index is 1100. The fourth-order valence-corrected chi connectivity index (χ4v) is 3.97. The molecule has 0 saturated carbocycles. The maximum Gasteiger partial charge on any atom is 0.319 e. The second-order valence-electron chi connectivity index (χ2n) is 6.75. The molecule has 0 aromatic heterocycles. The van der Waals surface area contributed by atoms with E-state index in [9.17, 15) is 9.59 Å². The molecule has 1 fully saturated rings. The lowest BCUT2D eigenvalue weighted by molar-refractivity contribution is -0.119. The van der Waals surface area contributed by atoms with E-state index in [1.165, 1.54) is 14.2 Å². The van der Waals surface area contributed by atoms with Crippen molar-refractivity contribution in [3.8, 4) is 23.3 Å². The van der Waals surface area contributed by atoms with Crippen LogP contribution in [0, 0.1) is 17.2 Å². The minimum atomic E-state index is -0.847. The number of halogens is 1. The van der Waals surface area contributed by atoms with Gasteiger partial charge in [0, 0.05) is 5.70 Å². The van der Waals surface area contributed by atoms with Crippen molar-refractivity contribution in [2.24, 2.45) is 5.92 Å². The topological polar surface area (TPSA) is 122 Å². The van der Waals surface area contributed by atoms with Gasteiger partial charge in [0.1, 0.15) is 17.7 Å². The first-order valence-corrected chi connectivity index (χ1v) is 10.3. The summed E-state index contributed by atoms with van der Waals surface area (Å²) in [5, 5.41) is 17.0. The maximum atomic E-state index is 13.3. The number of hydrogen-bond donors (Lipinski definition) is 3. The van der Waals surface area contributed by atoms with E-state index >= 15 is 0 Å². The van der Waals surface area contributed by atoms with Gasteiger partial charge in [-0.05, 0) is 45.8 Å². The minimum Gasteiger partial charge on any atom is -0.495 e. The van der Waals surface area contributed by atoms with Crippen LogP contribution < -0.4 is 30.2 Å². The van der Waals surface area contributed by atoms with E-state index in [0.717, 1.165) is 0 Å². The van der Waals surface area contributed by atoms with Gasteiger partial charge in [-0.25, -0.2) is 4.79 Å². The average Bonchev–Trinajstić information content (AvgIpc) is 2.77. The Hall–Kier alpha value is -3.71. The van der Waals surface area contributed by atoms with Crippen LogP contribution in [-0.2, 0) is 4.79 Å². The third kappa shape index (κ3) is 4.78. The molecule has 3 amide bonds. The monoisotopic (exact) mass is 500 g/mol. The van der Waals surface area contributed by atoms with Crippen LogP contribution >= 0.6 is 15.9 Å². The number of ether oxygens (including phenoxy) is 3. The number of carbonyl (C=O) groups is 2. The van der Waals surface area contributed by atoms with E-state index in [1.807, 2.05) is 6.07 Å². The Morgan fingerprint density at radius 2 is 1.97 bits per heavy atom. The van der Waals surface area contributed by atoms with E-state index in [-0.39, 0.29) is 12.3 Å². The van der Waals surface area contributed by atoms with Crippen LogP contribution in [0.2, 0.25) is 0 Å². The molecule has 0 aliphatic carbocycles. The van der Waals surface area contributed by atoms with Crippen molar-refractivity contribution >= 4 is 33.6 Å². The maximum absolute atomic E-state index is 13.3. The van der Waals surface area contributed by atoms with Gasteiger partial charge in [-0.15, -0.1) is 0 Å². The summed E-state index contributed by atoms with van der Waals surface area (Å²) >= 11 is 3.41. The number of hydrogen-bond acceptors (Lipinski definition) is 6.